The molecule has 0 bridgehead atoms. The molecule has 0 aliphatic rings. The average molecular weight is 414 g/mol. The van der Waals surface area contributed by atoms with E-state index in [1.807, 2.05) is 61.5 Å². The molecule has 0 heterocycles. The van der Waals surface area contributed by atoms with E-state index in [9.17, 15) is 19.9 Å². The van der Waals surface area contributed by atoms with E-state index in [4.69, 9.17) is 0 Å². The van der Waals surface area contributed by atoms with Crippen LogP contribution in [0.2, 0.25) is 0 Å². The van der Waals surface area contributed by atoms with Crippen LogP contribution in [0.4, 0.5) is 0 Å². The molecule has 0 aromatic heterocycles. The van der Waals surface area contributed by atoms with Gasteiger partial charge in [0.1, 0.15) is 5.76 Å². The largest absolute Gasteiger partial charge is 0.756 e. The fourth-order valence-electron chi connectivity index (χ4n) is 3.35. The normalized spacial score (nSPS) is 11.3. The third-order valence-corrected chi connectivity index (χ3v) is 5.03. The maximum absolute atomic E-state index is 12.7. The Bertz CT molecular complexity index is 1110. The van der Waals surface area contributed by atoms with Crippen LogP contribution in [0.5, 0.6) is 0 Å². The standard InChI is InChI=1S/C26H24NO4/c1-18-11-13-19(14-12-18)25(29)17-22(28)15-20-7-3-5-9-23(20)24-10-6-4-8-21(24)16-26(30)27(2)31/h3-14,17,29H,15-16H2,1-2H3/q-1/b25-17-. The van der Waals surface area contributed by atoms with Gasteiger partial charge in [-0.3, -0.25) is 9.59 Å². The highest BCUT2D eigenvalue weighted by Gasteiger charge is 2.14. The number of rotatable bonds is 7. The van der Waals surface area contributed by atoms with Crippen LogP contribution < -0.4 is 0 Å². The van der Waals surface area contributed by atoms with Gasteiger partial charge in [-0.2, -0.15) is 0 Å². The van der Waals surface area contributed by atoms with Gasteiger partial charge in [-0.25, -0.2) is 0 Å². The van der Waals surface area contributed by atoms with Gasteiger partial charge in [-0.1, -0.05) is 78.4 Å². The molecule has 0 saturated carbocycles. The minimum Gasteiger partial charge on any atom is -0.756 e. The Morgan fingerprint density at radius 3 is 1.94 bits per heavy atom. The fourth-order valence-corrected chi connectivity index (χ4v) is 3.35. The molecule has 0 aliphatic heterocycles. The first kappa shape index (κ1) is 22.0. The number of hydrogen-bond donors (Lipinski definition) is 1. The summed E-state index contributed by atoms with van der Waals surface area (Å²) in [7, 11) is 1.18. The van der Waals surface area contributed by atoms with Gasteiger partial charge in [-0.15, -0.1) is 0 Å². The number of aryl methyl sites for hydroxylation is 1. The minimum atomic E-state index is -0.535. The highest BCUT2D eigenvalue weighted by Crippen LogP contribution is 2.28. The predicted octanol–water partition coefficient (Wildman–Crippen LogP) is 4.87. The summed E-state index contributed by atoms with van der Waals surface area (Å²) in [6.07, 6.45) is 1.31. The molecule has 0 aliphatic carbocycles. The summed E-state index contributed by atoms with van der Waals surface area (Å²) in [4.78, 5) is 24.6. The highest BCUT2D eigenvalue weighted by molar-refractivity contribution is 5.97. The number of aliphatic hydroxyl groups is 1. The Labute approximate surface area is 181 Å². The molecule has 158 valence electrons. The molecule has 3 aromatic rings. The lowest BCUT2D eigenvalue weighted by atomic mass is 9.91. The van der Waals surface area contributed by atoms with Crippen molar-refractivity contribution < 1.29 is 14.7 Å². The van der Waals surface area contributed by atoms with E-state index >= 15 is 0 Å². The van der Waals surface area contributed by atoms with E-state index in [0.29, 0.717) is 16.2 Å². The van der Waals surface area contributed by atoms with E-state index < -0.39 is 5.91 Å². The molecule has 0 fully saturated rings. The zero-order valence-corrected chi connectivity index (χ0v) is 17.5. The number of aliphatic hydroxyl groups excluding tert-OH is 1. The van der Waals surface area contributed by atoms with E-state index in [1.54, 1.807) is 18.2 Å². The average Bonchev–Trinajstić information content (AvgIpc) is 2.75. The second-order valence-corrected chi connectivity index (χ2v) is 7.42. The lowest BCUT2D eigenvalue weighted by Gasteiger charge is -2.23. The Balaban J connectivity index is 1.88. The van der Waals surface area contributed by atoms with E-state index in [1.165, 1.54) is 13.1 Å². The summed E-state index contributed by atoms with van der Waals surface area (Å²) in [5.41, 5.74) is 4.75. The molecule has 0 radical (unpaired) electrons. The van der Waals surface area contributed by atoms with Crippen molar-refractivity contribution in [2.75, 3.05) is 7.05 Å². The van der Waals surface area contributed by atoms with Crippen LogP contribution in [-0.2, 0) is 22.4 Å². The SMILES string of the molecule is Cc1ccc(/C(O)=C/C(=O)Cc2ccccc2-c2ccccc2CC(=O)N(C)[O-])cc1. The first-order valence-electron chi connectivity index (χ1n) is 9.95. The van der Waals surface area contributed by atoms with Gasteiger partial charge < -0.3 is 15.4 Å². The van der Waals surface area contributed by atoms with Crippen LogP contribution in [0, 0.1) is 12.1 Å². The minimum absolute atomic E-state index is 0.0213. The van der Waals surface area contributed by atoms with Gasteiger partial charge in [-0.05, 0) is 36.2 Å². The maximum atomic E-state index is 12.7. The van der Waals surface area contributed by atoms with E-state index in [2.05, 4.69) is 0 Å². The third kappa shape index (κ3) is 5.68. The number of ketones is 1. The van der Waals surface area contributed by atoms with E-state index in [0.717, 1.165) is 22.3 Å². The summed E-state index contributed by atoms with van der Waals surface area (Å²) in [6.45, 7) is 1.95. The van der Waals surface area contributed by atoms with Crippen molar-refractivity contribution in [3.8, 4) is 11.1 Å². The molecule has 3 rings (SSSR count). The quantitative estimate of drug-likeness (QED) is 0.340. The summed E-state index contributed by atoms with van der Waals surface area (Å²) in [6, 6.07) is 22.1. The number of benzene rings is 3. The van der Waals surface area contributed by atoms with Crippen LogP contribution >= 0.6 is 0 Å². The number of allylic oxidation sites excluding steroid dienone is 1. The van der Waals surface area contributed by atoms with Gasteiger partial charge >= 0.3 is 0 Å². The summed E-state index contributed by atoms with van der Waals surface area (Å²) in [5, 5.41) is 22.0. The van der Waals surface area contributed by atoms with Crippen LogP contribution in [0.15, 0.2) is 78.9 Å². The molecule has 0 unspecified atom stereocenters. The number of carbonyl (C=O) groups excluding carboxylic acids is 2. The molecule has 31 heavy (non-hydrogen) atoms. The van der Waals surface area contributed by atoms with Crippen molar-refractivity contribution in [2.24, 2.45) is 0 Å². The highest BCUT2D eigenvalue weighted by atomic mass is 16.5. The summed E-state index contributed by atoms with van der Waals surface area (Å²) >= 11 is 0. The molecule has 0 atom stereocenters. The predicted molar refractivity (Wildman–Crippen MR) is 122 cm³/mol. The van der Waals surface area contributed by atoms with Crippen molar-refractivity contribution >= 4 is 17.4 Å². The van der Waals surface area contributed by atoms with Crippen LogP contribution in [-0.4, -0.2) is 28.9 Å². The monoisotopic (exact) mass is 414 g/mol. The van der Waals surface area contributed by atoms with Crippen molar-refractivity contribution in [1.82, 2.24) is 5.06 Å². The molecular formula is C26H24NO4-. The van der Waals surface area contributed by atoms with E-state index in [-0.39, 0.29) is 24.4 Å². The van der Waals surface area contributed by atoms with Gasteiger partial charge in [0.2, 0.25) is 5.91 Å². The first-order chi connectivity index (χ1) is 14.8. The number of hydrogen-bond acceptors (Lipinski definition) is 4. The number of amides is 1. The zero-order chi connectivity index (χ0) is 22.4. The van der Waals surface area contributed by atoms with Crippen LogP contribution in [0.25, 0.3) is 16.9 Å². The van der Waals surface area contributed by atoms with Gasteiger partial charge in [0.05, 0.1) is 6.42 Å². The molecule has 3 aromatic carbocycles. The van der Waals surface area contributed by atoms with Crippen molar-refractivity contribution in [2.45, 2.75) is 19.8 Å². The van der Waals surface area contributed by atoms with Crippen LogP contribution in [0.1, 0.15) is 22.3 Å². The maximum Gasteiger partial charge on any atom is 0.216 e. The molecule has 0 spiro atoms. The lowest BCUT2D eigenvalue weighted by molar-refractivity contribution is -0.126. The Kier molecular flexibility index (Phi) is 7.00. The van der Waals surface area contributed by atoms with Gasteiger partial charge in [0.25, 0.3) is 0 Å². The van der Waals surface area contributed by atoms with Crippen molar-refractivity contribution in [3.05, 3.63) is 106 Å². The zero-order valence-electron chi connectivity index (χ0n) is 17.5. The number of nitrogens with zero attached hydrogens (tertiary/aromatic N) is 1. The third-order valence-electron chi connectivity index (χ3n) is 5.03. The van der Waals surface area contributed by atoms with Crippen molar-refractivity contribution in [1.29, 1.82) is 0 Å². The number of likely N-dealkylation sites (N-methyl/N-ethyl adjacent to an activating group) is 1. The summed E-state index contributed by atoms with van der Waals surface area (Å²) < 4.78 is 0. The number of carbonyl (C=O) groups is 2. The second-order valence-electron chi connectivity index (χ2n) is 7.42. The Morgan fingerprint density at radius 1 is 0.871 bits per heavy atom. The molecule has 5 nitrogen and oxygen atoms in total. The molecule has 1 N–H and O–H groups in total. The molecule has 0 saturated heterocycles. The lowest BCUT2D eigenvalue weighted by Crippen LogP contribution is -2.22. The molecule has 5 heteroatoms. The topological polar surface area (TPSA) is 80.7 Å². The Morgan fingerprint density at radius 2 is 1.39 bits per heavy atom. The Hall–Kier alpha value is -3.70. The molecule has 1 amide bonds. The first-order valence-corrected chi connectivity index (χ1v) is 9.95. The smallest absolute Gasteiger partial charge is 0.216 e. The van der Waals surface area contributed by atoms with Gasteiger partial charge in [0.15, 0.2) is 5.78 Å². The van der Waals surface area contributed by atoms with Crippen LogP contribution in [0.3, 0.4) is 0 Å². The fraction of sp³-hybridized carbons (Fsp3) is 0.154. The van der Waals surface area contributed by atoms with Crippen molar-refractivity contribution in [3.63, 3.8) is 0 Å². The molecular weight excluding hydrogens is 390 g/mol. The second kappa shape index (κ2) is 9.87. The summed E-state index contributed by atoms with van der Waals surface area (Å²) in [5.74, 6) is -0.850. The number of hydroxylamine groups is 2. The van der Waals surface area contributed by atoms with Gasteiger partial charge in [0, 0.05) is 18.1 Å².